The number of halogens is 2. The van der Waals surface area contributed by atoms with E-state index in [4.69, 9.17) is 26.8 Å². The average molecular weight is 604 g/mol. The number of carbonyl (C=O) groups excluding carboxylic acids is 3. The SMILES string of the molecule is COc1ccc(CN2C(=O)c3cc(C(=O)c4cnn(C)c4)cc(F)c3[C@]2(OCC2(C(N)=O)CC2)c2ccc(Cl)cc2)cn1. The number of nitrogens with zero attached hydrogens (tertiary/aromatic N) is 4. The van der Waals surface area contributed by atoms with E-state index in [9.17, 15) is 14.4 Å². The number of fused-ring (bicyclic) bond motifs is 1. The van der Waals surface area contributed by atoms with Crippen molar-refractivity contribution in [1.29, 1.82) is 0 Å². The van der Waals surface area contributed by atoms with Gasteiger partial charge in [0.25, 0.3) is 5.91 Å². The zero-order valence-electron chi connectivity index (χ0n) is 23.3. The molecule has 1 fully saturated rings. The highest BCUT2D eigenvalue weighted by molar-refractivity contribution is 6.30. The first kappa shape index (κ1) is 28.5. The lowest BCUT2D eigenvalue weighted by Gasteiger charge is -2.40. The lowest BCUT2D eigenvalue weighted by molar-refractivity contribution is -0.142. The second-order valence-electron chi connectivity index (χ2n) is 10.8. The maximum atomic E-state index is 16.5. The molecule has 0 unspecified atom stereocenters. The van der Waals surface area contributed by atoms with E-state index in [2.05, 4.69) is 10.1 Å². The van der Waals surface area contributed by atoms with Gasteiger partial charge >= 0.3 is 0 Å². The van der Waals surface area contributed by atoms with Crippen molar-refractivity contribution in [3.8, 4) is 5.88 Å². The minimum Gasteiger partial charge on any atom is -0.481 e. The van der Waals surface area contributed by atoms with Crippen LogP contribution in [0.3, 0.4) is 0 Å². The first-order chi connectivity index (χ1) is 20.6. The highest BCUT2D eigenvalue weighted by Gasteiger charge is 2.57. The molecule has 2 aliphatic rings. The van der Waals surface area contributed by atoms with E-state index in [0.29, 0.717) is 34.9 Å². The van der Waals surface area contributed by atoms with Crippen molar-refractivity contribution in [2.75, 3.05) is 13.7 Å². The molecule has 2 aromatic carbocycles. The minimum absolute atomic E-state index is 0.0219. The van der Waals surface area contributed by atoms with Crippen LogP contribution in [0.5, 0.6) is 5.88 Å². The third kappa shape index (κ3) is 4.84. The number of ether oxygens (including phenoxy) is 2. The Morgan fingerprint density at radius 1 is 1.09 bits per heavy atom. The maximum absolute atomic E-state index is 16.5. The fourth-order valence-electron chi connectivity index (χ4n) is 5.43. The number of carbonyl (C=O) groups is 3. The van der Waals surface area contributed by atoms with Crippen molar-refractivity contribution in [2.24, 2.45) is 18.2 Å². The molecule has 1 aliphatic heterocycles. The number of primary amides is 1. The van der Waals surface area contributed by atoms with Gasteiger partial charge in [0.05, 0.1) is 48.6 Å². The molecule has 10 nitrogen and oxygen atoms in total. The highest BCUT2D eigenvalue weighted by Crippen LogP contribution is 2.52. The monoisotopic (exact) mass is 603 g/mol. The van der Waals surface area contributed by atoms with Crippen LogP contribution in [0.4, 0.5) is 4.39 Å². The van der Waals surface area contributed by atoms with Crippen molar-refractivity contribution in [3.63, 3.8) is 0 Å². The van der Waals surface area contributed by atoms with Crippen LogP contribution < -0.4 is 10.5 Å². The van der Waals surface area contributed by atoms with E-state index in [0.717, 1.165) is 6.07 Å². The number of benzene rings is 2. The molecule has 220 valence electrons. The van der Waals surface area contributed by atoms with Crippen LogP contribution in [-0.2, 0) is 28.8 Å². The molecule has 2 aromatic heterocycles. The predicted molar refractivity (Wildman–Crippen MR) is 153 cm³/mol. The minimum atomic E-state index is -1.83. The van der Waals surface area contributed by atoms with Crippen LogP contribution in [-0.4, -0.2) is 51.0 Å². The molecule has 12 heteroatoms. The standard InChI is InChI=1S/C31H27ClFN5O5/c1-37-16-20(14-36-37)27(39)19-11-23-26(24(33)12-19)31(21-4-6-22(32)7-5-21,43-17-30(9-10-30)29(34)41)38(28(23)40)15-18-3-8-25(42-2)35-13-18/h3-8,11-14,16H,9-10,15,17H2,1-2H3,(H2,34,41)/t31-/m1/s1. The molecule has 2 amide bonds. The normalized spacial score (nSPS) is 18.4. The molecule has 6 rings (SSSR count). The number of amides is 2. The Morgan fingerprint density at radius 2 is 1.84 bits per heavy atom. The average Bonchev–Trinajstić information content (AvgIpc) is 3.62. The summed E-state index contributed by atoms with van der Waals surface area (Å²) in [7, 11) is 3.15. The van der Waals surface area contributed by atoms with Gasteiger partial charge in [0.1, 0.15) is 5.82 Å². The van der Waals surface area contributed by atoms with Crippen molar-refractivity contribution in [3.05, 3.63) is 111 Å². The van der Waals surface area contributed by atoms with Gasteiger partial charge in [-0.05, 0) is 42.7 Å². The molecular formula is C31H27ClFN5O5. The van der Waals surface area contributed by atoms with Crippen molar-refractivity contribution in [1.82, 2.24) is 19.7 Å². The summed E-state index contributed by atoms with van der Waals surface area (Å²) >= 11 is 6.21. The molecule has 3 heterocycles. The second kappa shape index (κ2) is 10.6. The summed E-state index contributed by atoms with van der Waals surface area (Å²) in [6.45, 7) is -0.215. The zero-order chi connectivity index (χ0) is 30.5. The number of hydrogen-bond acceptors (Lipinski definition) is 7. The molecular weight excluding hydrogens is 577 g/mol. The van der Waals surface area contributed by atoms with Crippen LogP contribution >= 0.6 is 11.6 Å². The van der Waals surface area contributed by atoms with Gasteiger partial charge in [-0.1, -0.05) is 29.8 Å². The van der Waals surface area contributed by atoms with Gasteiger partial charge in [-0.25, -0.2) is 9.37 Å². The van der Waals surface area contributed by atoms with Gasteiger partial charge in [-0.2, -0.15) is 5.10 Å². The topological polar surface area (TPSA) is 130 Å². The van der Waals surface area contributed by atoms with E-state index < -0.39 is 34.6 Å². The summed E-state index contributed by atoms with van der Waals surface area (Å²) in [5.41, 5.74) is 4.04. The Hall–Kier alpha value is -4.61. The number of rotatable bonds is 10. The van der Waals surface area contributed by atoms with E-state index in [-0.39, 0.29) is 35.4 Å². The van der Waals surface area contributed by atoms with E-state index >= 15 is 4.39 Å². The molecule has 2 N–H and O–H groups in total. The summed E-state index contributed by atoms with van der Waals surface area (Å²) in [4.78, 5) is 45.6. The Kier molecular flexibility index (Phi) is 7.02. The molecule has 0 radical (unpaired) electrons. The Bertz CT molecular complexity index is 1750. The Labute approximate surface area is 251 Å². The maximum Gasteiger partial charge on any atom is 0.257 e. The van der Waals surface area contributed by atoms with Crippen LogP contribution in [0.2, 0.25) is 5.02 Å². The molecule has 0 bridgehead atoms. The van der Waals surface area contributed by atoms with Gasteiger partial charge in [-0.15, -0.1) is 0 Å². The quantitative estimate of drug-likeness (QED) is 0.271. The van der Waals surface area contributed by atoms with Gasteiger partial charge in [-0.3, -0.25) is 24.0 Å². The van der Waals surface area contributed by atoms with Crippen LogP contribution in [0.15, 0.2) is 67.1 Å². The summed E-state index contributed by atoms with van der Waals surface area (Å²) < 4.78 is 29.7. The van der Waals surface area contributed by atoms with E-state index in [1.165, 1.54) is 35.2 Å². The largest absolute Gasteiger partial charge is 0.481 e. The molecule has 43 heavy (non-hydrogen) atoms. The first-order valence-corrected chi connectivity index (χ1v) is 13.8. The lowest BCUT2D eigenvalue weighted by atomic mass is 9.90. The van der Waals surface area contributed by atoms with Crippen molar-refractivity contribution in [2.45, 2.75) is 25.1 Å². The molecule has 1 atom stereocenters. The number of aromatic nitrogens is 3. The number of pyridine rings is 1. The molecule has 0 saturated heterocycles. The summed E-state index contributed by atoms with van der Waals surface area (Å²) in [5.74, 6) is -2.06. The Morgan fingerprint density at radius 3 is 2.42 bits per heavy atom. The van der Waals surface area contributed by atoms with Gasteiger partial charge < -0.3 is 15.2 Å². The second-order valence-corrected chi connectivity index (χ2v) is 11.2. The van der Waals surface area contributed by atoms with Gasteiger partial charge in [0.15, 0.2) is 11.5 Å². The fourth-order valence-corrected chi connectivity index (χ4v) is 5.56. The summed E-state index contributed by atoms with van der Waals surface area (Å²) in [5, 5.41) is 4.44. The zero-order valence-corrected chi connectivity index (χ0v) is 24.1. The third-order valence-electron chi connectivity index (χ3n) is 8.03. The number of hydrogen-bond donors (Lipinski definition) is 1. The third-order valence-corrected chi connectivity index (χ3v) is 8.28. The smallest absolute Gasteiger partial charge is 0.257 e. The van der Waals surface area contributed by atoms with Crippen molar-refractivity contribution < 1.29 is 28.2 Å². The van der Waals surface area contributed by atoms with Crippen LogP contribution in [0.1, 0.15) is 55.8 Å². The number of nitrogens with two attached hydrogens (primary N) is 1. The highest BCUT2D eigenvalue weighted by atomic mass is 35.5. The molecule has 1 saturated carbocycles. The van der Waals surface area contributed by atoms with Gasteiger partial charge in [0, 0.05) is 41.7 Å². The molecule has 0 spiro atoms. The number of ketones is 1. The summed E-state index contributed by atoms with van der Waals surface area (Å²) in [6.07, 6.45) is 5.43. The lowest BCUT2D eigenvalue weighted by Crippen LogP contribution is -2.48. The van der Waals surface area contributed by atoms with Crippen LogP contribution in [0, 0.1) is 11.2 Å². The Balaban J connectivity index is 1.54. The molecule has 4 aromatic rings. The summed E-state index contributed by atoms with van der Waals surface area (Å²) in [6, 6.07) is 12.3. The van der Waals surface area contributed by atoms with E-state index in [1.807, 2.05) is 0 Å². The van der Waals surface area contributed by atoms with Crippen LogP contribution in [0.25, 0.3) is 0 Å². The van der Waals surface area contributed by atoms with Gasteiger partial charge in [0.2, 0.25) is 11.8 Å². The first-order valence-electron chi connectivity index (χ1n) is 13.5. The molecule has 1 aliphatic carbocycles. The van der Waals surface area contributed by atoms with Crippen molar-refractivity contribution >= 4 is 29.2 Å². The number of methoxy groups -OCH3 is 1. The predicted octanol–water partition coefficient (Wildman–Crippen LogP) is 3.99. The number of aryl methyl sites for hydroxylation is 1. The van der Waals surface area contributed by atoms with E-state index in [1.54, 1.807) is 49.6 Å². The fraction of sp³-hybridized carbons (Fsp3) is 0.258.